The highest BCUT2D eigenvalue weighted by Crippen LogP contribution is 2.29. The van der Waals surface area contributed by atoms with Crippen molar-refractivity contribution >= 4 is 11.4 Å². The quantitative estimate of drug-likeness (QED) is 0.718. The second-order valence-corrected chi connectivity index (χ2v) is 5.43. The number of hydrogen-bond donors (Lipinski definition) is 1. The first-order valence-electron chi connectivity index (χ1n) is 8.23. The van der Waals surface area contributed by atoms with Crippen molar-refractivity contribution in [3.8, 4) is 0 Å². The molecule has 1 N–H and O–H groups in total. The lowest BCUT2D eigenvalue weighted by molar-refractivity contribution is 1.03. The second-order valence-electron chi connectivity index (χ2n) is 5.43. The third-order valence-corrected chi connectivity index (χ3v) is 4.28. The Morgan fingerprint density at radius 3 is 1.38 bits per heavy atom. The van der Waals surface area contributed by atoms with Crippen LogP contribution in [-0.4, -0.2) is 0 Å². The Labute approximate surface area is 129 Å². The molecule has 0 fully saturated rings. The minimum Gasteiger partial charge on any atom is -0.355 e. The van der Waals surface area contributed by atoms with E-state index in [1.165, 1.54) is 33.6 Å². The summed E-state index contributed by atoms with van der Waals surface area (Å²) in [6, 6.07) is 13.2. The molecule has 0 aliphatic carbocycles. The lowest BCUT2D eigenvalue weighted by atomic mass is 9.98. The van der Waals surface area contributed by atoms with E-state index in [0.717, 1.165) is 25.7 Å². The Morgan fingerprint density at radius 2 is 1.05 bits per heavy atom. The van der Waals surface area contributed by atoms with Crippen molar-refractivity contribution in [2.75, 3.05) is 5.32 Å². The van der Waals surface area contributed by atoms with E-state index >= 15 is 0 Å². The largest absolute Gasteiger partial charge is 0.355 e. The van der Waals surface area contributed by atoms with E-state index in [0.29, 0.717) is 0 Å². The van der Waals surface area contributed by atoms with Gasteiger partial charge in [-0.05, 0) is 60.1 Å². The van der Waals surface area contributed by atoms with Crippen LogP contribution >= 0.6 is 0 Å². The van der Waals surface area contributed by atoms with E-state index in [-0.39, 0.29) is 0 Å². The van der Waals surface area contributed by atoms with Gasteiger partial charge in [0.2, 0.25) is 0 Å². The number of hydrogen-bond acceptors (Lipinski definition) is 1. The van der Waals surface area contributed by atoms with Crippen LogP contribution in [0.3, 0.4) is 0 Å². The van der Waals surface area contributed by atoms with Gasteiger partial charge in [0.15, 0.2) is 0 Å². The molecule has 2 aromatic rings. The highest BCUT2D eigenvalue weighted by Gasteiger charge is 2.09. The van der Waals surface area contributed by atoms with Crippen molar-refractivity contribution in [3.05, 3.63) is 58.7 Å². The molecule has 0 aromatic heterocycles. The maximum Gasteiger partial charge on any atom is 0.0419 e. The van der Waals surface area contributed by atoms with E-state index in [1.807, 2.05) is 0 Å². The molecule has 0 saturated heterocycles. The van der Waals surface area contributed by atoms with E-state index in [9.17, 15) is 0 Å². The van der Waals surface area contributed by atoms with Crippen LogP contribution in [0.2, 0.25) is 0 Å². The minimum absolute atomic E-state index is 1.07. The van der Waals surface area contributed by atoms with Crippen LogP contribution in [0.4, 0.5) is 11.4 Å². The Bertz CT molecular complexity index is 545. The number of nitrogens with one attached hydrogen (secondary N) is 1. The van der Waals surface area contributed by atoms with Crippen molar-refractivity contribution in [3.63, 3.8) is 0 Å². The van der Waals surface area contributed by atoms with Gasteiger partial charge in [-0.2, -0.15) is 0 Å². The van der Waals surface area contributed by atoms with Crippen molar-refractivity contribution in [2.24, 2.45) is 0 Å². The summed E-state index contributed by atoms with van der Waals surface area (Å²) >= 11 is 0. The first kappa shape index (κ1) is 15.6. The topological polar surface area (TPSA) is 12.0 Å². The van der Waals surface area contributed by atoms with Crippen LogP contribution in [0.15, 0.2) is 36.4 Å². The van der Waals surface area contributed by atoms with Crippen LogP contribution in [-0.2, 0) is 25.7 Å². The molecule has 112 valence electrons. The van der Waals surface area contributed by atoms with Gasteiger partial charge in [0, 0.05) is 11.4 Å². The van der Waals surface area contributed by atoms with Crippen molar-refractivity contribution in [1.29, 1.82) is 0 Å². The molecule has 0 aliphatic heterocycles. The summed E-state index contributed by atoms with van der Waals surface area (Å²) < 4.78 is 0. The normalized spacial score (nSPS) is 10.7. The third kappa shape index (κ3) is 3.29. The first-order chi connectivity index (χ1) is 10.2. The fourth-order valence-corrected chi connectivity index (χ4v) is 3.15. The van der Waals surface area contributed by atoms with E-state index in [1.54, 1.807) is 0 Å². The van der Waals surface area contributed by atoms with Crippen LogP contribution in [0.1, 0.15) is 49.9 Å². The predicted molar refractivity (Wildman–Crippen MR) is 93.7 cm³/mol. The Kier molecular flexibility index (Phi) is 5.44. The standard InChI is InChI=1S/C20H27N/c1-5-15-11-9-13-19(17(15)7-3)21-20-14-10-12-16(6-2)18(20)8-4/h9-14,21H,5-8H2,1-4H3. The van der Waals surface area contributed by atoms with Crippen molar-refractivity contribution in [2.45, 2.75) is 53.4 Å². The molecular formula is C20H27N. The molecule has 21 heavy (non-hydrogen) atoms. The number of aryl methyl sites for hydroxylation is 2. The van der Waals surface area contributed by atoms with Gasteiger partial charge in [-0.1, -0.05) is 52.0 Å². The fourth-order valence-electron chi connectivity index (χ4n) is 3.15. The van der Waals surface area contributed by atoms with Gasteiger partial charge in [0.1, 0.15) is 0 Å². The summed E-state index contributed by atoms with van der Waals surface area (Å²) in [6.45, 7) is 8.94. The highest BCUT2D eigenvalue weighted by molar-refractivity contribution is 5.68. The second kappa shape index (κ2) is 7.31. The van der Waals surface area contributed by atoms with E-state index < -0.39 is 0 Å². The maximum absolute atomic E-state index is 3.69. The molecule has 0 bridgehead atoms. The summed E-state index contributed by atoms with van der Waals surface area (Å²) in [5.41, 5.74) is 8.33. The van der Waals surface area contributed by atoms with Gasteiger partial charge in [0.25, 0.3) is 0 Å². The average molecular weight is 281 g/mol. The Balaban J connectivity index is 2.43. The summed E-state index contributed by atoms with van der Waals surface area (Å²) in [5, 5.41) is 3.69. The highest BCUT2D eigenvalue weighted by atomic mass is 14.9. The summed E-state index contributed by atoms with van der Waals surface area (Å²) in [7, 11) is 0. The van der Waals surface area contributed by atoms with Gasteiger partial charge >= 0.3 is 0 Å². The molecular weight excluding hydrogens is 254 g/mol. The molecule has 2 aromatic carbocycles. The summed E-state index contributed by atoms with van der Waals surface area (Å²) in [6.07, 6.45) is 4.32. The zero-order valence-electron chi connectivity index (χ0n) is 13.8. The first-order valence-corrected chi connectivity index (χ1v) is 8.23. The van der Waals surface area contributed by atoms with Gasteiger partial charge < -0.3 is 5.32 Å². The molecule has 0 radical (unpaired) electrons. The van der Waals surface area contributed by atoms with Crippen molar-refractivity contribution in [1.82, 2.24) is 0 Å². The van der Waals surface area contributed by atoms with Crippen LogP contribution in [0.5, 0.6) is 0 Å². The molecule has 0 heterocycles. The molecule has 0 aliphatic rings. The number of anilines is 2. The average Bonchev–Trinajstić information content (AvgIpc) is 2.54. The smallest absolute Gasteiger partial charge is 0.0419 e. The summed E-state index contributed by atoms with van der Waals surface area (Å²) in [4.78, 5) is 0. The fraction of sp³-hybridized carbons (Fsp3) is 0.400. The van der Waals surface area contributed by atoms with Gasteiger partial charge in [-0.25, -0.2) is 0 Å². The summed E-state index contributed by atoms with van der Waals surface area (Å²) in [5.74, 6) is 0. The van der Waals surface area contributed by atoms with E-state index in [2.05, 4.69) is 69.4 Å². The molecule has 1 heteroatoms. The molecule has 0 saturated carbocycles. The minimum atomic E-state index is 1.07. The van der Waals surface area contributed by atoms with Gasteiger partial charge in [-0.15, -0.1) is 0 Å². The maximum atomic E-state index is 3.69. The Morgan fingerprint density at radius 1 is 0.619 bits per heavy atom. The third-order valence-electron chi connectivity index (χ3n) is 4.28. The van der Waals surface area contributed by atoms with Crippen LogP contribution < -0.4 is 5.32 Å². The number of benzene rings is 2. The van der Waals surface area contributed by atoms with Crippen LogP contribution in [0, 0.1) is 0 Å². The SMILES string of the molecule is CCc1cccc(Nc2cccc(CC)c2CC)c1CC. The van der Waals surface area contributed by atoms with Crippen LogP contribution in [0.25, 0.3) is 0 Å². The Hall–Kier alpha value is -1.76. The van der Waals surface area contributed by atoms with Gasteiger partial charge in [-0.3, -0.25) is 0 Å². The number of rotatable bonds is 6. The van der Waals surface area contributed by atoms with Gasteiger partial charge in [0.05, 0.1) is 0 Å². The molecule has 0 atom stereocenters. The molecule has 2 rings (SSSR count). The monoisotopic (exact) mass is 281 g/mol. The molecule has 0 unspecified atom stereocenters. The predicted octanol–water partition coefficient (Wildman–Crippen LogP) is 5.68. The lowest BCUT2D eigenvalue weighted by Crippen LogP contribution is -2.03. The molecule has 1 nitrogen and oxygen atoms in total. The van der Waals surface area contributed by atoms with E-state index in [4.69, 9.17) is 0 Å². The zero-order valence-corrected chi connectivity index (χ0v) is 13.8. The molecule has 0 spiro atoms. The lowest BCUT2D eigenvalue weighted by Gasteiger charge is -2.18. The van der Waals surface area contributed by atoms with Crippen molar-refractivity contribution < 1.29 is 0 Å². The zero-order chi connectivity index (χ0) is 15.2. The molecule has 0 amide bonds.